The molecule has 1 atom stereocenters. The summed E-state index contributed by atoms with van der Waals surface area (Å²) < 4.78 is 16.5. The summed E-state index contributed by atoms with van der Waals surface area (Å²) in [5.74, 6) is 3.90. The van der Waals surface area contributed by atoms with E-state index in [1.165, 1.54) is 0 Å². The number of aromatic nitrogens is 4. The molecule has 1 unspecified atom stereocenters. The minimum absolute atomic E-state index is 0.254. The van der Waals surface area contributed by atoms with Crippen molar-refractivity contribution in [1.82, 2.24) is 25.2 Å². The first-order chi connectivity index (χ1) is 12.7. The van der Waals surface area contributed by atoms with Crippen molar-refractivity contribution in [3.05, 3.63) is 36.0 Å². The summed E-state index contributed by atoms with van der Waals surface area (Å²) in [5.41, 5.74) is 0. The molecule has 1 fully saturated rings. The van der Waals surface area contributed by atoms with Crippen LogP contribution in [0.4, 0.5) is 0 Å². The van der Waals surface area contributed by atoms with Crippen LogP contribution in [0.25, 0.3) is 11.7 Å². The maximum Gasteiger partial charge on any atom is 0.283 e. The van der Waals surface area contributed by atoms with Gasteiger partial charge in [-0.3, -0.25) is 4.90 Å². The topological polar surface area (TPSA) is 94.2 Å². The number of hydrogen-bond acceptors (Lipinski definition) is 8. The van der Waals surface area contributed by atoms with E-state index >= 15 is 0 Å². The van der Waals surface area contributed by atoms with Crippen LogP contribution >= 0.6 is 0 Å². The first-order valence-corrected chi connectivity index (χ1v) is 9.08. The Bertz CT molecular complexity index is 824. The lowest BCUT2D eigenvalue weighted by molar-refractivity contribution is 0.167. The number of hydrogen-bond donors (Lipinski definition) is 0. The summed E-state index contributed by atoms with van der Waals surface area (Å²) in [6, 6.07) is 3.60. The molecule has 0 amide bonds. The lowest BCUT2D eigenvalue weighted by atomic mass is 9.98. The fourth-order valence-corrected chi connectivity index (χ4v) is 3.29. The van der Waals surface area contributed by atoms with Crippen molar-refractivity contribution >= 4 is 0 Å². The van der Waals surface area contributed by atoms with Gasteiger partial charge in [0.1, 0.15) is 0 Å². The molecular weight excluding hydrogens is 334 g/mol. The summed E-state index contributed by atoms with van der Waals surface area (Å²) in [4.78, 5) is 6.88. The van der Waals surface area contributed by atoms with Gasteiger partial charge >= 0.3 is 0 Å². The van der Waals surface area contributed by atoms with Gasteiger partial charge < -0.3 is 13.4 Å². The second-order valence-electron chi connectivity index (χ2n) is 7.20. The highest BCUT2D eigenvalue weighted by Gasteiger charge is 2.27. The van der Waals surface area contributed by atoms with Gasteiger partial charge in [0.05, 0.1) is 18.7 Å². The van der Waals surface area contributed by atoms with Crippen molar-refractivity contribution in [2.24, 2.45) is 5.92 Å². The normalized spacial score (nSPS) is 18.7. The SMILES string of the molecule is CC(C)Cc1noc(C2CCCN(Cc3nnc(-c4ccco4)o3)C2)n1. The third-order valence-electron chi connectivity index (χ3n) is 4.49. The van der Waals surface area contributed by atoms with Crippen molar-refractivity contribution in [1.29, 1.82) is 0 Å². The third-order valence-corrected chi connectivity index (χ3v) is 4.49. The molecule has 4 heterocycles. The Balaban J connectivity index is 1.38. The first kappa shape index (κ1) is 17.0. The molecule has 3 aromatic heterocycles. The summed E-state index contributed by atoms with van der Waals surface area (Å²) in [6.07, 6.45) is 4.57. The van der Waals surface area contributed by atoms with E-state index in [-0.39, 0.29) is 5.92 Å². The number of likely N-dealkylation sites (tertiary alicyclic amines) is 1. The lowest BCUT2D eigenvalue weighted by Crippen LogP contribution is -2.34. The van der Waals surface area contributed by atoms with Crippen LogP contribution < -0.4 is 0 Å². The van der Waals surface area contributed by atoms with Crippen LogP contribution in [-0.2, 0) is 13.0 Å². The number of furan rings is 1. The molecule has 0 N–H and O–H groups in total. The van der Waals surface area contributed by atoms with E-state index in [2.05, 4.69) is 39.1 Å². The summed E-state index contributed by atoms with van der Waals surface area (Å²) >= 11 is 0. The van der Waals surface area contributed by atoms with E-state index in [1.54, 1.807) is 18.4 Å². The van der Waals surface area contributed by atoms with Crippen LogP contribution in [0.15, 0.2) is 31.8 Å². The molecule has 0 spiro atoms. The molecule has 8 nitrogen and oxygen atoms in total. The van der Waals surface area contributed by atoms with E-state index in [0.29, 0.717) is 30.0 Å². The van der Waals surface area contributed by atoms with Gasteiger partial charge in [0, 0.05) is 13.0 Å². The Morgan fingerprint density at radius 3 is 3.04 bits per heavy atom. The Hall–Kier alpha value is -2.48. The zero-order valence-electron chi connectivity index (χ0n) is 15.1. The van der Waals surface area contributed by atoms with E-state index in [4.69, 9.17) is 13.4 Å². The molecular formula is C18H23N5O3. The molecule has 0 aromatic carbocycles. The number of nitrogens with zero attached hydrogens (tertiary/aromatic N) is 5. The Labute approximate surface area is 151 Å². The Morgan fingerprint density at radius 2 is 2.23 bits per heavy atom. The standard InChI is InChI=1S/C18H23N5O3/c1-12(2)9-15-19-17(26-22-15)13-5-3-7-23(10-13)11-16-20-21-18(25-16)14-6-4-8-24-14/h4,6,8,12-13H,3,5,7,9-11H2,1-2H3. The molecule has 26 heavy (non-hydrogen) atoms. The number of rotatable bonds is 6. The maximum atomic E-state index is 5.71. The molecule has 1 saturated heterocycles. The highest BCUT2D eigenvalue weighted by Crippen LogP contribution is 2.27. The van der Waals surface area contributed by atoms with Crippen molar-refractivity contribution in [3.8, 4) is 11.7 Å². The fraction of sp³-hybridized carbons (Fsp3) is 0.556. The van der Waals surface area contributed by atoms with Gasteiger partial charge in [0.15, 0.2) is 11.6 Å². The van der Waals surface area contributed by atoms with Gasteiger partial charge in [-0.1, -0.05) is 19.0 Å². The quantitative estimate of drug-likeness (QED) is 0.663. The van der Waals surface area contributed by atoms with Crippen molar-refractivity contribution in [2.75, 3.05) is 13.1 Å². The largest absolute Gasteiger partial charge is 0.459 e. The smallest absolute Gasteiger partial charge is 0.283 e. The second kappa shape index (κ2) is 7.41. The average molecular weight is 357 g/mol. The van der Waals surface area contributed by atoms with E-state index in [1.807, 2.05) is 0 Å². The van der Waals surface area contributed by atoms with Crippen LogP contribution in [0.3, 0.4) is 0 Å². The van der Waals surface area contributed by atoms with Crippen LogP contribution in [0, 0.1) is 5.92 Å². The van der Waals surface area contributed by atoms with Gasteiger partial charge in [-0.25, -0.2) is 0 Å². The van der Waals surface area contributed by atoms with Crippen LogP contribution in [0.5, 0.6) is 0 Å². The predicted molar refractivity (Wildman–Crippen MR) is 92.1 cm³/mol. The Kier molecular flexibility index (Phi) is 4.83. The van der Waals surface area contributed by atoms with Gasteiger partial charge in [-0.05, 0) is 37.4 Å². The molecule has 8 heteroatoms. The van der Waals surface area contributed by atoms with Gasteiger partial charge in [0.25, 0.3) is 5.89 Å². The van der Waals surface area contributed by atoms with Crippen LogP contribution in [0.2, 0.25) is 0 Å². The molecule has 0 bridgehead atoms. The second-order valence-corrected chi connectivity index (χ2v) is 7.20. The Morgan fingerprint density at radius 1 is 1.31 bits per heavy atom. The zero-order chi connectivity index (χ0) is 17.9. The molecule has 0 saturated carbocycles. The van der Waals surface area contributed by atoms with E-state index in [0.717, 1.165) is 44.1 Å². The van der Waals surface area contributed by atoms with Crippen LogP contribution in [0.1, 0.15) is 50.2 Å². The first-order valence-electron chi connectivity index (χ1n) is 9.08. The number of piperidine rings is 1. The average Bonchev–Trinajstić information content (AvgIpc) is 3.36. The van der Waals surface area contributed by atoms with E-state index in [9.17, 15) is 0 Å². The van der Waals surface area contributed by atoms with Crippen LogP contribution in [-0.4, -0.2) is 38.3 Å². The maximum absolute atomic E-state index is 5.71. The highest BCUT2D eigenvalue weighted by atomic mass is 16.5. The summed E-state index contributed by atoms with van der Waals surface area (Å²) in [6.45, 7) is 6.75. The zero-order valence-corrected chi connectivity index (χ0v) is 15.1. The highest BCUT2D eigenvalue weighted by molar-refractivity contribution is 5.42. The molecule has 0 aliphatic carbocycles. The van der Waals surface area contributed by atoms with Crippen molar-refractivity contribution < 1.29 is 13.4 Å². The lowest BCUT2D eigenvalue weighted by Gasteiger charge is -2.29. The molecule has 1 aliphatic heterocycles. The fourth-order valence-electron chi connectivity index (χ4n) is 3.29. The molecule has 138 valence electrons. The molecule has 0 radical (unpaired) electrons. The van der Waals surface area contributed by atoms with Crippen molar-refractivity contribution in [3.63, 3.8) is 0 Å². The minimum Gasteiger partial charge on any atom is -0.459 e. The van der Waals surface area contributed by atoms with Crippen molar-refractivity contribution in [2.45, 2.75) is 45.6 Å². The predicted octanol–water partition coefficient (Wildman–Crippen LogP) is 3.29. The monoisotopic (exact) mass is 357 g/mol. The van der Waals surface area contributed by atoms with Gasteiger partial charge in [-0.15, -0.1) is 10.2 Å². The van der Waals surface area contributed by atoms with Gasteiger partial charge in [-0.2, -0.15) is 4.98 Å². The molecule has 1 aliphatic rings. The summed E-state index contributed by atoms with van der Waals surface area (Å²) in [5, 5.41) is 12.3. The third kappa shape index (κ3) is 3.85. The van der Waals surface area contributed by atoms with Gasteiger partial charge in [0.2, 0.25) is 11.8 Å². The molecule has 3 aromatic rings. The summed E-state index contributed by atoms with van der Waals surface area (Å²) in [7, 11) is 0. The molecule has 4 rings (SSSR count). The van der Waals surface area contributed by atoms with E-state index < -0.39 is 0 Å². The minimum atomic E-state index is 0.254.